The molecule has 7 N–H and O–H groups in total. The van der Waals surface area contributed by atoms with Crippen LogP contribution in [0.5, 0.6) is 0 Å². The summed E-state index contributed by atoms with van der Waals surface area (Å²) >= 11 is 3.11. The Labute approximate surface area is 220 Å². The molecule has 1 aromatic rings. The van der Waals surface area contributed by atoms with Gasteiger partial charge in [-0.15, -0.1) is 0 Å². The first-order valence-electron chi connectivity index (χ1n) is 12.3. The van der Waals surface area contributed by atoms with Crippen molar-refractivity contribution in [1.29, 1.82) is 0 Å². The van der Waals surface area contributed by atoms with Gasteiger partial charge >= 0.3 is 6.03 Å². The van der Waals surface area contributed by atoms with Gasteiger partial charge in [0.1, 0.15) is 0 Å². The zero-order valence-electron chi connectivity index (χ0n) is 21.9. The van der Waals surface area contributed by atoms with Crippen LogP contribution in [0.4, 0.5) is 10.5 Å². The Morgan fingerprint density at radius 1 is 1.23 bits per heavy atom. The van der Waals surface area contributed by atoms with Gasteiger partial charge in [0, 0.05) is 41.7 Å². The van der Waals surface area contributed by atoms with Crippen LogP contribution in [-0.4, -0.2) is 54.3 Å². The molecule has 3 rings (SSSR count). The van der Waals surface area contributed by atoms with E-state index in [4.69, 9.17) is 15.6 Å². The van der Waals surface area contributed by atoms with Crippen molar-refractivity contribution >= 4 is 41.3 Å². The Morgan fingerprint density at radius 3 is 2.34 bits per heavy atom. The number of nitrogens with two attached hydrogens (primary N) is 2. The number of carbonyl (C=O) groups excluding carboxylic acids is 2. The van der Waals surface area contributed by atoms with E-state index in [1.165, 1.54) is 11.9 Å². The van der Waals surface area contributed by atoms with Gasteiger partial charge in [-0.3, -0.25) is 9.93 Å². The molecule has 10 heteroatoms. The average molecular weight is 528 g/mol. The summed E-state index contributed by atoms with van der Waals surface area (Å²) in [4.78, 5) is 23.1. The van der Waals surface area contributed by atoms with E-state index in [9.17, 15) is 9.59 Å². The Morgan fingerprint density at radius 2 is 1.83 bits per heavy atom. The Balaban J connectivity index is 0.000000283. The number of nitrogens with one attached hydrogen (secondary N) is 3. The summed E-state index contributed by atoms with van der Waals surface area (Å²) in [5.41, 5.74) is 5.94. The van der Waals surface area contributed by atoms with Crippen molar-refractivity contribution in [3.63, 3.8) is 0 Å². The lowest BCUT2D eigenvalue weighted by Crippen LogP contribution is -2.40. The Hall–Kier alpha value is -1.62. The fourth-order valence-electron chi connectivity index (χ4n) is 3.12. The number of thioether (sulfide) groups is 1. The van der Waals surface area contributed by atoms with Gasteiger partial charge < -0.3 is 26.4 Å². The fraction of sp³-hybridized carbons (Fsp3) is 0.680. The third-order valence-electron chi connectivity index (χ3n) is 5.39. The topological polar surface area (TPSA) is 132 Å². The first kappa shape index (κ1) is 31.4. The summed E-state index contributed by atoms with van der Waals surface area (Å²) in [7, 11) is 0. The van der Waals surface area contributed by atoms with Gasteiger partial charge in [0.15, 0.2) is 0 Å². The predicted molar refractivity (Wildman–Crippen MR) is 149 cm³/mol. The molecule has 2 atom stereocenters. The summed E-state index contributed by atoms with van der Waals surface area (Å²) in [5, 5.41) is 13.9. The number of hydrogen-bond donors (Lipinski definition) is 5. The SMILES string of the molecule is CCCCC(=O)NCC(C)(C)OCCC(C)C.NSc1ccc(N)cc1.O=C1NC2CSCC2N1. The zero-order valence-corrected chi connectivity index (χ0v) is 23.5. The van der Waals surface area contributed by atoms with Gasteiger partial charge in [-0.25, -0.2) is 4.79 Å². The van der Waals surface area contributed by atoms with Crippen LogP contribution in [0.15, 0.2) is 29.2 Å². The molecule has 0 bridgehead atoms. The maximum absolute atomic E-state index is 11.5. The molecule has 0 aliphatic carbocycles. The average Bonchev–Trinajstić information content (AvgIpc) is 3.38. The minimum absolute atomic E-state index is 0.00491. The quantitative estimate of drug-likeness (QED) is 0.175. The first-order valence-corrected chi connectivity index (χ1v) is 14.4. The molecule has 1 aromatic carbocycles. The minimum Gasteiger partial charge on any atom is -0.399 e. The summed E-state index contributed by atoms with van der Waals surface area (Å²) in [6.45, 7) is 11.8. The molecule has 2 aliphatic heterocycles. The summed E-state index contributed by atoms with van der Waals surface area (Å²) in [5.74, 6) is 2.93. The fourth-order valence-corrected chi connectivity index (χ4v) is 4.69. The van der Waals surface area contributed by atoms with Gasteiger partial charge in [-0.1, -0.05) is 27.2 Å². The van der Waals surface area contributed by atoms with Crippen LogP contribution in [-0.2, 0) is 9.53 Å². The van der Waals surface area contributed by atoms with E-state index < -0.39 is 0 Å². The molecular formula is C25H45N5O3S2. The van der Waals surface area contributed by atoms with Crippen molar-refractivity contribution in [1.82, 2.24) is 16.0 Å². The van der Waals surface area contributed by atoms with Crippen molar-refractivity contribution in [2.45, 2.75) is 82.9 Å². The van der Waals surface area contributed by atoms with Crippen LogP contribution in [0, 0.1) is 5.92 Å². The van der Waals surface area contributed by atoms with E-state index in [-0.39, 0.29) is 17.5 Å². The molecule has 2 unspecified atom stereocenters. The monoisotopic (exact) mass is 527 g/mol. The number of hydrogen-bond acceptors (Lipinski definition) is 7. The highest BCUT2D eigenvalue weighted by atomic mass is 32.2. The lowest BCUT2D eigenvalue weighted by atomic mass is 10.1. The van der Waals surface area contributed by atoms with E-state index in [0.29, 0.717) is 31.0 Å². The molecule has 2 saturated heterocycles. The van der Waals surface area contributed by atoms with E-state index >= 15 is 0 Å². The van der Waals surface area contributed by atoms with Gasteiger partial charge in [-0.2, -0.15) is 11.8 Å². The second-order valence-corrected chi connectivity index (χ2v) is 11.5. The van der Waals surface area contributed by atoms with Crippen molar-refractivity contribution in [3.05, 3.63) is 24.3 Å². The van der Waals surface area contributed by atoms with E-state index in [2.05, 4.69) is 36.7 Å². The highest BCUT2D eigenvalue weighted by Gasteiger charge is 2.35. The summed E-state index contributed by atoms with van der Waals surface area (Å²) < 4.78 is 5.78. The number of unbranched alkanes of at least 4 members (excludes halogenated alkanes) is 1. The Bertz CT molecular complexity index is 733. The van der Waals surface area contributed by atoms with Gasteiger partial charge in [0.2, 0.25) is 5.91 Å². The lowest BCUT2D eigenvalue weighted by Gasteiger charge is -2.26. The molecule has 0 radical (unpaired) electrons. The summed E-state index contributed by atoms with van der Waals surface area (Å²) in [6, 6.07) is 8.25. The van der Waals surface area contributed by atoms with Crippen molar-refractivity contribution in [2.75, 3.05) is 30.4 Å². The van der Waals surface area contributed by atoms with Gasteiger partial charge in [-0.05, 0) is 68.8 Å². The second kappa shape index (κ2) is 16.9. The second-order valence-electron chi connectivity index (χ2n) is 9.73. The highest BCUT2D eigenvalue weighted by molar-refractivity contribution is 7.99. The van der Waals surface area contributed by atoms with Gasteiger partial charge in [0.25, 0.3) is 0 Å². The number of benzene rings is 1. The summed E-state index contributed by atoms with van der Waals surface area (Å²) in [6.07, 6.45) is 3.70. The molecule has 3 amide bonds. The number of fused-ring (bicyclic) bond motifs is 1. The van der Waals surface area contributed by atoms with Crippen LogP contribution < -0.4 is 26.8 Å². The number of urea groups is 1. The first-order chi connectivity index (χ1) is 16.6. The molecule has 0 spiro atoms. The number of anilines is 1. The molecule has 2 heterocycles. The lowest BCUT2D eigenvalue weighted by molar-refractivity contribution is -0.122. The third kappa shape index (κ3) is 14.5. The number of carbonyl (C=O) groups is 2. The smallest absolute Gasteiger partial charge is 0.315 e. The van der Waals surface area contributed by atoms with Crippen LogP contribution in [0.2, 0.25) is 0 Å². The highest BCUT2D eigenvalue weighted by Crippen LogP contribution is 2.20. The maximum Gasteiger partial charge on any atom is 0.315 e. The van der Waals surface area contributed by atoms with E-state index in [1.54, 1.807) is 0 Å². The molecule has 0 aromatic heterocycles. The molecule has 200 valence electrons. The van der Waals surface area contributed by atoms with Crippen LogP contribution in [0.1, 0.15) is 60.3 Å². The maximum atomic E-state index is 11.5. The molecule has 35 heavy (non-hydrogen) atoms. The van der Waals surface area contributed by atoms with Crippen LogP contribution in [0.3, 0.4) is 0 Å². The van der Waals surface area contributed by atoms with Crippen LogP contribution in [0.25, 0.3) is 0 Å². The molecule has 2 aliphatic rings. The van der Waals surface area contributed by atoms with Crippen molar-refractivity contribution in [2.24, 2.45) is 11.1 Å². The third-order valence-corrected chi connectivity index (χ3v) is 7.12. The van der Waals surface area contributed by atoms with Crippen molar-refractivity contribution < 1.29 is 14.3 Å². The van der Waals surface area contributed by atoms with Crippen LogP contribution >= 0.6 is 23.7 Å². The number of ether oxygens (including phenoxy) is 1. The predicted octanol–water partition coefficient (Wildman–Crippen LogP) is 4.15. The molecular weight excluding hydrogens is 482 g/mol. The van der Waals surface area contributed by atoms with E-state index in [0.717, 1.165) is 48.0 Å². The van der Waals surface area contributed by atoms with Gasteiger partial charge in [0.05, 0.1) is 17.7 Å². The largest absolute Gasteiger partial charge is 0.399 e. The normalized spacial score (nSPS) is 18.4. The molecule has 8 nitrogen and oxygen atoms in total. The molecule has 0 saturated carbocycles. The van der Waals surface area contributed by atoms with Crippen molar-refractivity contribution in [3.8, 4) is 0 Å². The Kier molecular flexibility index (Phi) is 15.2. The number of nitrogen functional groups attached to an aromatic ring is 1. The standard InChI is InChI=1S/C14H29NO2.C6H8N2S.C5H8N2OS/c1-6-7-8-13(16)15-11-14(4,5)17-10-9-12(2)3;7-5-1-3-6(9-8)4-2-5;8-5-6-3-1-9-2-4(3)7-5/h12H,6-11H2,1-5H3,(H,15,16);1-4H,7-8H2;3-4H,1-2H2,(H2,6,7,8). The molecule has 2 fully saturated rings. The number of amides is 3. The van der Waals surface area contributed by atoms with E-state index in [1.807, 2.05) is 49.9 Å². The minimum atomic E-state index is -0.267. The number of rotatable bonds is 10. The zero-order chi connectivity index (χ0) is 26.3.